The summed E-state index contributed by atoms with van der Waals surface area (Å²) in [5.74, 6) is 2.48. The minimum atomic E-state index is 0.739. The molecular weight excluding hydrogens is 248 g/mol. The Bertz CT molecular complexity index is 562. The molecule has 2 heterocycles. The van der Waals surface area contributed by atoms with Crippen molar-refractivity contribution >= 4 is 0 Å². The molecule has 1 unspecified atom stereocenters. The predicted molar refractivity (Wildman–Crippen MR) is 80.4 cm³/mol. The van der Waals surface area contributed by atoms with Crippen LogP contribution in [0.2, 0.25) is 0 Å². The number of aromatic nitrogens is 1. The van der Waals surface area contributed by atoms with Gasteiger partial charge in [-0.05, 0) is 44.4 Å². The Kier molecular flexibility index (Phi) is 3.88. The van der Waals surface area contributed by atoms with E-state index in [0.29, 0.717) is 0 Å². The molecule has 2 aromatic rings. The molecule has 1 aromatic carbocycles. The summed E-state index contributed by atoms with van der Waals surface area (Å²) in [5, 5.41) is 0. The molecule has 3 heteroatoms. The second kappa shape index (κ2) is 5.80. The van der Waals surface area contributed by atoms with Gasteiger partial charge in [-0.15, -0.1) is 0 Å². The lowest BCUT2D eigenvalue weighted by molar-refractivity contribution is 0.174. The van der Waals surface area contributed by atoms with Crippen molar-refractivity contribution in [3.05, 3.63) is 41.8 Å². The molecule has 1 aromatic heterocycles. The van der Waals surface area contributed by atoms with Gasteiger partial charge >= 0.3 is 0 Å². The molecule has 0 amide bonds. The van der Waals surface area contributed by atoms with E-state index in [4.69, 9.17) is 9.40 Å². The Labute approximate surface area is 120 Å². The number of hydrogen-bond donors (Lipinski definition) is 0. The monoisotopic (exact) mass is 270 g/mol. The minimum absolute atomic E-state index is 0.739. The molecule has 1 saturated heterocycles. The number of nitrogens with zero attached hydrogens (tertiary/aromatic N) is 2. The van der Waals surface area contributed by atoms with E-state index in [0.717, 1.165) is 35.4 Å². The summed E-state index contributed by atoms with van der Waals surface area (Å²) in [6.07, 6.45) is 2.65. The fourth-order valence-electron chi connectivity index (χ4n) is 2.92. The van der Waals surface area contributed by atoms with Crippen molar-refractivity contribution in [3.63, 3.8) is 0 Å². The number of piperidine rings is 1. The summed E-state index contributed by atoms with van der Waals surface area (Å²) in [5.41, 5.74) is 2.13. The molecule has 0 saturated carbocycles. The van der Waals surface area contributed by atoms with Crippen LogP contribution in [0.1, 0.15) is 31.2 Å². The van der Waals surface area contributed by atoms with Gasteiger partial charge in [0.25, 0.3) is 0 Å². The molecule has 1 aliphatic heterocycles. The smallest absolute Gasteiger partial charge is 0.226 e. The summed E-state index contributed by atoms with van der Waals surface area (Å²) in [6.45, 7) is 7.61. The SMILES string of the molecule is Cc1oc(-c2ccccc2)nc1CN1CCCC(C)C1. The van der Waals surface area contributed by atoms with Crippen LogP contribution in [0.4, 0.5) is 0 Å². The van der Waals surface area contributed by atoms with E-state index in [9.17, 15) is 0 Å². The van der Waals surface area contributed by atoms with Crippen LogP contribution in [0, 0.1) is 12.8 Å². The molecule has 1 aliphatic rings. The first-order valence-electron chi connectivity index (χ1n) is 7.46. The maximum atomic E-state index is 5.83. The highest BCUT2D eigenvalue weighted by Gasteiger charge is 2.19. The van der Waals surface area contributed by atoms with Gasteiger partial charge in [-0.25, -0.2) is 4.98 Å². The lowest BCUT2D eigenvalue weighted by Crippen LogP contribution is -2.33. The van der Waals surface area contributed by atoms with Gasteiger partial charge in [0.15, 0.2) is 0 Å². The minimum Gasteiger partial charge on any atom is -0.441 e. The van der Waals surface area contributed by atoms with E-state index in [-0.39, 0.29) is 0 Å². The Balaban J connectivity index is 1.76. The van der Waals surface area contributed by atoms with Crippen molar-refractivity contribution in [2.24, 2.45) is 5.92 Å². The summed E-state index contributed by atoms with van der Waals surface area (Å²) in [7, 11) is 0. The summed E-state index contributed by atoms with van der Waals surface area (Å²) in [4.78, 5) is 7.18. The van der Waals surface area contributed by atoms with Gasteiger partial charge < -0.3 is 4.42 Å². The standard InChI is InChI=1S/C17H22N2O/c1-13-7-6-10-19(11-13)12-16-14(2)20-17(18-16)15-8-4-3-5-9-15/h3-5,8-9,13H,6-7,10-12H2,1-2H3. The molecule has 1 atom stereocenters. The Morgan fingerprint density at radius 3 is 2.85 bits per heavy atom. The number of likely N-dealkylation sites (tertiary alicyclic amines) is 1. The lowest BCUT2D eigenvalue weighted by atomic mass is 10.0. The molecule has 3 rings (SSSR count). The van der Waals surface area contributed by atoms with Crippen LogP contribution in [0.3, 0.4) is 0 Å². The number of benzene rings is 1. The lowest BCUT2D eigenvalue weighted by Gasteiger charge is -2.30. The van der Waals surface area contributed by atoms with Crippen molar-refractivity contribution in [1.82, 2.24) is 9.88 Å². The number of hydrogen-bond acceptors (Lipinski definition) is 3. The van der Waals surface area contributed by atoms with Gasteiger partial charge in [0.05, 0.1) is 5.69 Å². The zero-order valence-electron chi connectivity index (χ0n) is 12.3. The molecule has 0 spiro atoms. The van der Waals surface area contributed by atoms with Crippen molar-refractivity contribution in [2.45, 2.75) is 33.2 Å². The number of aryl methyl sites for hydroxylation is 1. The fourth-order valence-corrected chi connectivity index (χ4v) is 2.92. The molecule has 0 radical (unpaired) electrons. The molecule has 20 heavy (non-hydrogen) atoms. The van der Waals surface area contributed by atoms with Crippen LogP contribution in [-0.4, -0.2) is 23.0 Å². The molecule has 3 nitrogen and oxygen atoms in total. The van der Waals surface area contributed by atoms with Gasteiger partial charge in [0.1, 0.15) is 5.76 Å². The summed E-state index contributed by atoms with van der Waals surface area (Å²) in [6, 6.07) is 10.1. The Morgan fingerprint density at radius 2 is 2.10 bits per heavy atom. The average Bonchev–Trinajstić information content (AvgIpc) is 2.81. The van der Waals surface area contributed by atoms with Gasteiger partial charge in [-0.1, -0.05) is 25.1 Å². The molecule has 0 bridgehead atoms. The van der Waals surface area contributed by atoms with Crippen molar-refractivity contribution in [2.75, 3.05) is 13.1 Å². The molecule has 0 N–H and O–H groups in total. The molecule has 1 fully saturated rings. The zero-order chi connectivity index (χ0) is 13.9. The van der Waals surface area contributed by atoms with Crippen LogP contribution in [-0.2, 0) is 6.54 Å². The first kappa shape index (κ1) is 13.4. The highest BCUT2D eigenvalue weighted by Crippen LogP contribution is 2.24. The van der Waals surface area contributed by atoms with E-state index >= 15 is 0 Å². The Morgan fingerprint density at radius 1 is 1.30 bits per heavy atom. The highest BCUT2D eigenvalue weighted by molar-refractivity contribution is 5.53. The van der Waals surface area contributed by atoms with Crippen LogP contribution < -0.4 is 0 Å². The predicted octanol–water partition coefficient (Wildman–Crippen LogP) is 3.88. The molecular formula is C17H22N2O. The number of oxazole rings is 1. The van der Waals surface area contributed by atoms with Crippen molar-refractivity contribution in [3.8, 4) is 11.5 Å². The van der Waals surface area contributed by atoms with E-state index in [1.54, 1.807) is 0 Å². The van der Waals surface area contributed by atoms with Crippen molar-refractivity contribution < 1.29 is 4.42 Å². The second-order valence-corrected chi connectivity index (χ2v) is 5.87. The molecule has 0 aliphatic carbocycles. The zero-order valence-corrected chi connectivity index (χ0v) is 12.3. The van der Waals surface area contributed by atoms with Crippen LogP contribution in [0.15, 0.2) is 34.7 Å². The quantitative estimate of drug-likeness (QED) is 0.847. The third kappa shape index (κ3) is 2.93. The van der Waals surface area contributed by atoms with E-state index in [2.05, 4.69) is 11.8 Å². The van der Waals surface area contributed by atoms with Gasteiger partial charge in [-0.3, -0.25) is 4.90 Å². The first-order valence-corrected chi connectivity index (χ1v) is 7.46. The van der Waals surface area contributed by atoms with Crippen LogP contribution in [0.25, 0.3) is 11.5 Å². The average molecular weight is 270 g/mol. The van der Waals surface area contributed by atoms with Crippen LogP contribution >= 0.6 is 0 Å². The normalized spacial score (nSPS) is 20.2. The largest absolute Gasteiger partial charge is 0.441 e. The Hall–Kier alpha value is -1.61. The van der Waals surface area contributed by atoms with Gasteiger partial charge in [0, 0.05) is 18.7 Å². The highest BCUT2D eigenvalue weighted by atomic mass is 16.4. The van der Waals surface area contributed by atoms with Crippen LogP contribution in [0.5, 0.6) is 0 Å². The topological polar surface area (TPSA) is 29.3 Å². The maximum absolute atomic E-state index is 5.83. The molecule has 106 valence electrons. The van der Waals surface area contributed by atoms with Gasteiger partial charge in [0.2, 0.25) is 5.89 Å². The summed E-state index contributed by atoms with van der Waals surface area (Å²) >= 11 is 0. The van der Waals surface area contributed by atoms with E-state index in [1.807, 2.05) is 37.3 Å². The summed E-state index contributed by atoms with van der Waals surface area (Å²) < 4.78 is 5.83. The van der Waals surface area contributed by atoms with E-state index < -0.39 is 0 Å². The third-order valence-corrected chi connectivity index (χ3v) is 4.03. The van der Waals surface area contributed by atoms with E-state index in [1.165, 1.54) is 25.9 Å². The fraction of sp³-hybridized carbons (Fsp3) is 0.471. The van der Waals surface area contributed by atoms with Gasteiger partial charge in [-0.2, -0.15) is 0 Å². The first-order chi connectivity index (χ1) is 9.72. The number of rotatable bonds is 3. The maximum Gasteiger partial charge on any atom is 0.226 e. The third-order valence-electron chi connectivity index (χ3n) is 4.03. The van der Waals surface area contributed by atoms with Crippen molar-refractivity contribution in [1.29, 1.82) is 0 Å². The second-order valence-electron chi connectivity index (χ2n) is 5.87.